The normalized spacial score (nSPS) is 11.4. The van der Waals surface area contributed by atoms with Crippen molar-refractivity contribution in [3.8, 4) is 5.75 Å². The van der Waals surface area contributed by atoms with Gasteiger partial charge in [-0.2, -0.15) is 0 Å². The minimum atomic E-state index is -3.94. The Morgan fingerprint density at radius 3 is 2.23 bits per heavy atom. The number of Topliss-reactive ketones (excluding diaryl/α,β-unsaturated/α-hetero) is 1. The van der Waals surface area contributed by atoms with E-state index in [-0.39, 0.29) is 27.0 Å². The molecule has 0 N–H and O–H groups in total. The Hall–Kier alpha value is -2.26. The molecule has 0 aliphatic carbocycles. The maximum absolute atomic E-state index is 12.4. The molecule has 0 spiro atoms. The average Bonchev–Trinajstić information content (AvgIpc) is 2.61. The van der Waals surface area contributed by atoms with Crippen LogP contribution in [0.5, 0.6) is 5.75 Å². The molecule has 0 saturated heterocycles. The maximum atomic E-state index is 12.4. The molecule has 26 heavy (non-hydrogen) atoms. The van der Waals surface area contributed by atoms with E-state index in [1.165, 1.54) is 57.5 Å². The molecule has 2 rings (SSSR count). The summed E-state index contributed by atoms with van der Waals surface area (Å²) in [6.07, 6.45) is 0. The highest BCUT2D eigenvalue weighted by Gasteiger charge is 2.24. The van der Waals surface area contributed by atoms with Crippen molar-refractivity contribution in [3.05, 3.63) is 58.6 Å². The lowest BCUT2D eigenvalue weighted by molar-refractivity contribution is -0.0258. The van der Waals surface area contributed by atoms with E-state index in [2.05, 4.69) is 0 Å². The molecule has 0 heterocycles. The zero-order chi connectivity index (χ0) is 19.5. The van der Waals surface area contributed by atoms with Gasteiger partial charge in [-0.15, -0.1) is 0 Å². The predicted molar refractivity (Wildman–Crippen MR) is 94.8 cm³/mol. The van der Waals surface area contributed by atoms with Gasteiger partial charge in [0.2, 0.25) is 0 Å². The Kier molecular flexibility index (Phi) is 6.14. The molecule has 2 aromatic carbocycles. The first-order valence-electron chi connectivity index (χ1n) is 7.32. The van der Waals surface area contributed by atoms with Crippen molar-refractivity contribution in [3.63, 3.8) is 0 Å². The summed E-state index contributed by atoms with van der Waals surface area (Å²) in [5.74, 6) is -0.757. The molecule has 0 unspecified atom stereocenters. The maximum Gasteiger partial charge on any atom is 0.345 e. The summed E-state index contributed by atoms with van der Waals surface area (Å²) in [5, 5.41) is 0.0365. The van der Waals surface area contributed by atoms with Crippen LogP contribution in [0.15, 0.2) is 47.4 Å². The smallest absolute Gasteiger partial charge is 0.345 e. The standard InChI is InChI=1S/C17H16ClNO6S/c1-11(20)12-4-6-13(7-5-12)25-17(21)15-10-14(8-9-16(15)18)26(22,23)19(2)24-3/h4-10H,1-3H3. The van der Waals surface area contributed by atoms with Gasteiger partial charge in [0.1, 0.15) is 5.75 Å². The highest BCUT2D eigenvalue weighted by Crippen LogP contribution is 2.24. The number of carbonyl (C=O) groups excluding carboxylic acids is 2. The number of hydroxylamine groups is 1. The summed E-state index contributed by atoms with van der Waals surface area (Å²) in [7, 11) is -1.52. The van der Waals surface area contributed by atoms with E-state index in [0.717, 1.165) is 6.07 Å². The van der Waals surface area contributed by atoms with Crippen molar-refractivity contribution >= 4 is 33.4 Å². The average molecular weight is 398 g/mol. The van der Waals surface area contributed by atoms with Gasteiger partial charge in [0.05, 0.1) is 22.6 Å². The number of sulfonamides is 1. The fraction of sp³-hybridized carbons (Fsp3) is 0.176. The van der Waals surface area contributed by atoms with Crippen molar-refractivity contribution in [2.45, 2.75) is 11.8 Å². The van der Waals surface area contributed by atoms with E-state index in [1.54, 1.807) is 0 Å². The van der Waals surface area contributed by atoms with Crippen LogP contribution >= 0.6 is 11.6 Å². The van der Waals surface area contributed by atoms with E-state index < -0.39 is 16.0 Å². The van der Waals surface area contributed by atoms with Gasteiger partial charge in [0.15, 0.2) is 5.78 Å². The number of hydrogen-bond donors (Lipinski definition) is 0. The Bertz CT molecular complexity index is 940. The third-order valence-electron chi connectivity index (χ3n) is 3.52. The van der Waals surface area contributed by atoms with Gasteiger partial charge in [-0.3, -0.25) is 9.63 Å². The van der Waals surface area contributed by atoms with Crippen molar-refractivity contribution in [2.75, 3.05) is 14.2 Å². The fourth-order valence-corrected chi connectivity index (χ4v) is 3.18. The molecule has 0 aliphatic heterocycles. The van der Waals surface area contributed by atoms with Gasteiger partial charge in [-0.05, 0) is 49.4 Å². The van der Waals surface area contributed by atoms with Crippen molar-refractivity contribution in [1.82, 2.24) is 4.47 Å². The van der Waals surface area contributed by atoms with Crippen molar-refractivity contribution in [1.29, 1.82) is 0 Å². The fourth-order valence-electron chi connectivity index (χ4n) is 1.99. The van der Waals surface area contributed by atoms with Crippen LogP contribution in [0.1, 0.15) is 27.6 Å². The van der Waals surface area contributed by atoms with E-state index in [1.807, 2.05) is 0 Å². The van der Waals surface area contributed by atoms with E-state index in [9.17, 15) is 18.0 Å². The molecule has 7 nitrogen and oxygen atoms in total. The van der Waals surface area contributed by atoms with Crippen LogP contribution in [-0.2, 0) is 14.9 Å². The monoisotopic (exact) mass is 397 g/mol. The lowest BCUT2D eigenvalue weighted by Gasteiger charge is -2.15. The summed E-state index contributed by atoms with van der Waals surface area (Å²) < 4.78 is 30.4. The van der Waals surface area contributed by atoms with Gasteiger partial charge >= 0.3 is 5.97 Å². The van der Waals surface area contributed by atoms with E-state index >= 15 is 0 Å². The lowest BCUT2D eigenvalue weighted by atomic mass is 10.1. The van der Waals surface area contributed by atoms with Gasteiger partial charge < -0.3 is 4.74 Å². The minimum Gasteiger partial charge on any atom is -0.423 e. The first-order chi connectivity index (χ1) is 12.2. The number of rotatable bonds is 6. The minimum absolute atomic E-state index is 0.0365. The van der Waals surface area contributed by atoms with Gasteiger partial charge in [-0.1, -0.05) is 16.1 Å². The second-order valence-electron chi connectivity index (χ2n) is 5.21. The topological polar surface area (TPSA) is 90.0 Å². The summed E-state index contributed by atoms with van der Waals surface area (Å²) in [6.45, 7) is 1.42. The van der Waals surface area contributed by atoms with Crippen LogP contribution in [0.2, 0.25) is 5.02 Å². The Morgan fingerprint density at radius 2 is 1.69 bits per heavy atom. The molecule has 0 bridgehead atoms. The number of ether oxygens (including phenoxy) is 1. The molecule has 0 radical (unpaired) electrons. The van der Waals surface area contributed by atoms with Crippen LogP contribution in [0.4, 0.5) is 0 Å². The number of hydrogen-bond acceptors (Lipinski definition) is 6. The zero-order valence-electron chi connectivity index (χ0n) is 14.2. The molecule has 2 aromatic rings. The first kappa shape index (κ1) is 20.1. The molecular formula is C17H16ClNO6S. The van der Waals surface area contributed by atoms with Gasteiger partial charge in [-0.25, -0.2) is 13.2 Å². The largest absolute Gasteiger partial charge is 0.423 e. The Morgan fingerprint density at radius 1 is 1.08 bits per heavy atom. The molecule has 0 aromatic heterocycles. The first-order valence-corrected chi connectivity index (χ1v) is 9.14. The molecule has 9 heteroatoms. The number of nitrogens with zero attached hydrogens (tertiary/aromatic N) is 1. The lowest BCUT2D eigenvalue weighted by Crippen LogP contribution is -2.26. The molecule has 0 aliphatic rings. The second-order valence-corrected chi connectivity index (χ2v) is 7.55. The highest BCUT2D eigenvalue weighted by molar-refractivity contribution is 7.89. The second kappa shape index (κ2) is 7.96. The predicted octanol–water partition coefficient (Wildman–Crippen LogP) is 2.94. The zero-order valence-corrected chi connectivity index (χ0v) is 15.8. The molecule has 0 amide bonds. The molecule has 138 valence electrons. The number of ketones is 1. The quantitative estimate of drug-likeness (QED) is 0.322. The van der Waals surface area contributed by atoms with Gasteiger partial charge in [0, 0.05) is 12.6 Å². The van der Waals surface area contributed by atoms with Crippen LogP contribution in [-0.4, -0.2) is 38.8 Å². The summed E-state index contributed by atoms with van der Waals surface area (Å²) in [6, 6.07) is 9.60. The van der Waals surface area contributed by atoms with Crippen molar-refractivity contribution in [2.24, 2.45) is 0 Å². The number of carbonyl (C=O) groups is 2. The molecule has 0 saturated carbocycles. The highest BCUT2D eigenvalue weighted by atomic mass is 35.5. The van der Waals surface area contributed by atoms with Gasteiger partial charge in [0.25, 0.3) is 10.0 Å². The van der Waals surface area contributed by atoms with Crippen LogP contribution in [0.3, 0.4) is 0 Å². The SMILES string of the molecule is CON(C)S(=O)(=O)c1ccc(Cl)c(C(=O)Oc2ccc(C(C)=O)cc2)c1. The molecular weight excluding hydrogens is 382 g/mol. The van der Waals surface area contributed by atoms with Crippen LogP contribution < -0.4 is 4.74 Å². The Labute approximate surface area is 156 Å². The van der Waals surface area contributed by atoms with E-state index in [4.69, 9.17) is 21.2 Å². The van der Waals surface area contributed by atoms with Crippen LogP contribution in [0, 0.1) is 0 Å². The van der Waals surface area contributed by atoms with Crippen LogP contribution in [0.25, 0.3) is 0 Å². The summed E-state index contributed by atoms with van der Waals surface area (Å²) in [4.78, 5) is 28.1. The molecule has 0 atom stereocenters. The molecule has 0 fully saturated rings. The van der Waals surface area contributed by atoms with Crippen molar-refractivity contribution < 1.29 is 27.6 Å². The third-order valence-corrected chi connectivity index (χ3v) is 5.53. The number of halogens is 1. The Balaban J connectivity index is 2.31. The van der Waals surface area contributed by atoms with E-state index in [0.29, 0.717) is 10.0 Å². The summed E-state index contributed by atoms with van der Waals surface area (Å²) in [5.41, 5.74) is 0.353. The third kappa shape index (κ3) is 4.28. The number of esters is 1. The summed E-state index contributed by atoms with van der Waals surface area (Å²) >= 11 is 6.00. The number of benzene rings is 2.